The number of phenols is 1. The van der Waals surface area contributed by atoms with Crippen LogP contribution in [0.25, 0.3) is 0 Å². The van der Waals surface area contributed by atoms with Crippen molar-refractivity contribution in [1.82, 2.24) is 0 Å². The Bertz CT molecular complexity index is 452. The minimum absolute atomic E-state index is 0.232. The number of aliphatic imine (C=N–C) groups is 1. The van der Waals surface area contributed by atoms with Crippen LogP contribution < -0.4 is 0 Å². The third-order valence-corrected chi connectivity index (χ3v) is 2.24. The van der Waals surface area contributed by atoms with E-state index in [4.69, 9.17) is 10.4 Å². The average molecular weight is 198 g/mol. The maximum atomic E-state index is 9.14. The second kappa shape index (κ2) is 3.97. The molecule has 1 heterocycles. The van der Waals surface area contributed by atoms with Crippen LogP contribution in [0.15, 0.2) is 41.4 Å². The Balaban J connectivity index is 2.31. The summed E-state index contributed by atoms with van der Waals surface area (Å²) < 4.78 is 0. The Morgan fingerprint density at radius 3 is 2.73 bits per heavy atom. The Labute approximate surface area is 88.0 Å². The first kappa shape index (κ1) is 9.47. The fraction of sp³-hybridized carbons (Fsp3) is 0.167. The van der Waals surface area contributed by atoms with Crippen LogP contribution in [0.3, 0.4) is 0 Å². The van der Waals surface area contributed by atoms with Gasteiger partial charge in [0.05, 0.1) is 11.8 Å². The van der Waals surface area contributed by atoms with Crippen molar-refractivity contribution in [2.24, 2.45) is 4.99 Å². The topological polar surface area (TPSA) is 56.4 Å². The Morgan fingerprint density at radius 1 is 1.33 bits per heavy atom. The largest absolute Gasteiger partial charge is 0.508 e. The van der Waals surface area contributed by atoms with E-state index in [1.165, 1.54) is 0 Å². The molecule has 74 valence electrons. The van der Waals surface area contributed by atoms with Crippen LogP contribution in [0.1, 0.15) is 12.0 Å². The van der Waals surface area contributed by atoms with Gasteiger partial charge in [0, 0.05) is 6.42 Å². The van der Waals surface area contributed by atoms with E-state index in [0.29, 0.717) is 6.42 Å². The molecule has 15 heavy (non-hydrogen) atoms. The summed E-state index contributed by atoms with van der Waals surface area (Å²) in [6, 6.07) is 8.65. The standard InChI is InChI=1S/C12H10N2O/c13-8-10-2-1-3-12(14-10)9-4-6-11(15)7-5-9/h1,3-7,10,15H,2H2. The predicted octanol–water partition coefficient (Wildman–Crippen LogP) is 2.03. The molecular formula is C12H10N2O. The van der Waals surface area contributed by atoms with Gasteiger partial charge in [0.1, 0.15) is 11.8 Å². The molecule has 0 fully saturated rings. The molecule has 1 unspecified atom stereocenters. The van der Waals surface area contributed by atoms with Gasteiger partial charge in [0.2, 0.25) is 0 Å². The summed E-state index contributed by atoms with van der Waals surface area (Å²) in [6.45, 7) is 0. The van der Waals surface area contributed by atoms with Crippen molar-refractivity contribution in [3.63, 3.8) is 0 Å². The van der Waals surface area contributed by atoms with Crippen LogP contribution >= 0.6 is 0 Å². The van der Waals surface area contributed by atoms with E-state index in [2.05, 4.69) is 11.1 Å². The van der Waals surface area contributed by atoms with E-state index in [1.807, 2.05) is 12.2 Å². The quantitative estimate of drug-likeness (QED) is 0.750. The molecule has 0 amide bonds. The van der Waals surface area contributed by atoms with Crippen molar-refractivity contribution >= 4 is 5.71 Å². The maximum Gasteiger partial charge on any atom is 0.140 e. The molecule has 3 heteroatoms. The molecule has 0 aliphatic carbocycles. The van der Waals surface area contributed by atoms with Crippen LogP contribution in [0.2, 0.25) is 0 Å². The lowest BCUT2D eigenvalue weighted by Crippen LogP contribution is -2.10. The smallest absolute Gasteiger partial charge is 0.140 e. The second-order valence-corrected chi connectivity index (χ2v) is 3.34. The first-order valence-electron chi connectivity index (χ1n) is 4.73. The van der Waals surface area contributed by atoms with E-state index in [9.17, 15) is 0 Å². The molecule has 1 aliphatic rings. The summed E-state index contributed by atoms with van der Waals surface area (Å²) >= 11 is 0. The number of benzene rings is 1. The van der Waals surface area contributed by atoms with Crippen molar-refractivity contribution in [3.8, 4) is 11.8 Å². The minimum atomic E-state index is -0.279. The second-order valence-electron chi connectivity index (χ2n) is 3.34. The summed E-state index contributed by atoms with van der Waals surface area (Å²) in [5.74, 6) is 0.232. The summed E-state index contributed by atoms with van der Waals surface area (Å²) in [5, 5.41) is 17.9. The molecule has 1 aliphatic heterocycles. The van der Waals surface area contributed by atoms with Crippen LogP contribution in [-0.4, -0.2) is 16.9 Å². The normalized spacial score (nSPS) is 19.4. The van der Waals surface area contributed by atoms with Gasteiger partial charge in [-0.2, -0.15) is 5.26 Å². The highest BCUT2D eigenvalue weighted by Gasteiger charge is 2.10. The third-order valence-electron chi connectivity index (χ3n) is 2.24. The number of aromatic hydroxyl groups is 1. The molecule has 0 bridgehead atoms. The van der Waals surface area contributed by atoms with Gasteiger partial charge in [-0.05, 0) is 35.9 Å². The fourth-order valence-electron chi connectivity index (χ4n) is 1.46. The fourth-order valence-corrected chi connectivity index (χ4v) is 1.46. The van der Waals surface area contributed by atoms with Crippen molar-refractivity contribution < 1.29 is 5.11 Å². The lowest BCUT2D eigenvalue weighted by molar-refractivity contribution is 0.475. The van der Waals surface area contributed by atoms with Gasteiger partial charge < -0.3 is 5.11 Å². The molecule has 0 saturated heterocycles. The molecule has 1 aromatic carbocycles. The van der Waals surface area contributed by atoms with Crippen LogP contribution in [0.4, 0.5) is 0 Å². The first-order valence-corrected chi connectivity index (χ1v) is 4.73. The lowest BCUT2D eigenvalue weighted by Gasteiger charge is -2.09. The molecule has 0 radical (unpaired) electrons. The van der Waals surface area contributed by atoms with Gasteiger partial charge >= 0.3 is 0 Å². The predicted molar refractivity (Wildman–Crippen MR) is 57.8 cm³/mol. The van der Waals surface area contributed by atoms with E-state index < -0.39 is 0 Å². The van der Waals surface area contributed by atoms with Crippen molar-refractivity contribution in [2.45, 2.75) is 12.5 Å². The highest BCUT2D eigenvalue weighted by molar-refractivity contribution is 6.09. The Kier molecular flexibility index (Phi) is 2.51. The zero-order valence-corrected chi connectivity index (χ0v) is 8.09. The molecule has 1 atom stereocenters. The van der Waals surface area contributed by atoms with Gasteiger partial charge in [-0.15, -0.1) is 0 Å². The number of hydrogen-bond donors (Lipinski definition) is 1. The monoisotopic (exact) mass is 198 g/mol. The molecule has 2 rings (SSSR count). The van der Waals surface area contributed by atoms with E-state index in [1.54, 1.807) is 24.3 Å². The molecule has 1 N–H and O–H groups in total. The first-order chi connectivity index (χ1) is 7.29. The summed E-state index contributed by atoms with van der Waals surface area (Å²) in [4.78, 5) is 4.29. The molecule has 0 saturated carbocycles. The Morgan fingerprint density at radius 2 is 2.07 bits per heavy atom. The number of hydrogen-bond acceptors (Lipinski definition) is 3. The SMILES string of the molecule is N#CC1CC=CC(c2ccc(O)cc2)=N1. The van der Waals surface area contributed by atoms with Crippen LogP contribution in [0, 0.1) is 11.3 Å². The van der Waals surface area contributed by atoms with E-state index in [0.717, 1.165) is 11.3 Å². The zero-order valence-electron chi connectivity index (χ0n) is 8.09. The molecule has 0 spiro atoms. The highest BCUT2D eigenvalue weighted by atomic mass is 16.3. The number of nitrogens with zero attached hydrogens (tertiary/aromatic N) is 2. The number of allylic oxidation sites excluding steroid dienone is 1. The number of rotatable bonds is 1. The van der Waals surface area contributed by atoms with E-state index >= 15 is 0 Å². The van der Waals surface area contributed by atoms with Gasteiger partial charge in [-0.3, -0.25) is 4.99 Å². The molecular weight excluding hydrogens is 188 g/mol. The van der Waals surface area contributed by atoms with Gasteiger partial charge in [0.15, 0.2) is 0 Å². The maximum absolute atomic E-state index is 9.14. The number of nitriles is 1. The third kappa shape index (κ3) is 2.05. The minimum Gasteiger partial charge on any atom is -0.508 e. The summed E-state index contributed by atoms with van der Waals surface area (Å²) in [5.41, 5.74) is 1.72. The number of phenolic OH excluding ortho intramolecular Hbond substituents is 1. The zero-order chi connectivity index (χ0) is 10.7. The van der Waals surface area contributed by atoms with Crippen molar-refractivity contribution in [2.75, 3.05) is 0 Å². The molecule has 1 aromatic rings. The summed E-state index contributed by atoms with van der Waals surface area (Å²) in [6.07, 6.45) is 4.53. The molecule has 0 aromatic heterocycles. The van der Waals surface area contributed by atoms with Gasteiger partial charge in [-0.25, -0.2) is 0 Å². The number of dihydropyridines is 1. The Hall–Kier alpha value is -2.08. The van der Waals surface area contributed by atoms with Crippen molar-refractivity contribution in [1.29, 1.82) is 5.26 Å². The van der Waals surface area contributed by atoms with Gasteiger partial charge in [-0.1, -0.05) is 6.08 Å². The lowest BCUT2D eigenvalue weighted by atomic mass is 10.0. The highest BCUT2D eigenvalue weighted by Crippen LogP contribution is 2.15. The van der Waals surface area contributed by atoms with E-state index in [-0.39, 0.29) is 11.8 Å². The van der Waals surface area contributed by atoms with Crippen LogP contribution in [-0.2, 0) is 0 Å². The van der Waals surface area contributed by atoms with Gasteiger partial charge in [0.25, 0.3) is 0 Å². The van der Waals surface area contributed by atoms with Crippen molar-refractivity contribution in [3.05, 3.63) is 42.0 Å². The average Bonchev–Trinajstić information content (AvgIpc) is 2.30. The molecule has 3 nitrogen and oxygen atoms in total. The van der Waals surface area contributed by atoms with Crippen LogP contribution in [0.5, 0.6) is 5.75 Å². The summed E-state index contributed by atoms with van der Waals surface area (Å²) in [7, 11) is 0.